The number of quaternary nitrogens is 1. The molecule has 0 radical (unpaired) electrons. The van der Waals surface area contributed by atoms with E-state index in [-0.39, 0.29) is 335 Å². The zero-order chi connectivity index (χ0) is 4.50. The first-order chi connectivity index (χ1) is 2.00. The van der Waals surface area contributed by atoms with Gasteiger partial charge in [-0.3, -0.25) is 0 Å². The Hall–Kier alpha value is 6.65. The molecule has 20 nitrogen and oxygen atoms in total. The third-order valence-electron chi connectivity index (χ3n) is 0. The van der Waals surface area contributed by atoms with Gasteiger partial charge in [0, 0.05) is 105 Å². The Kier molecular flexibility index (Phi) is 4770. The standard InChI is InChI=1S/C4H12N.2K.Nb.19O.5W/c1-5(2,3)4;;;;;;;;;;;;;;;;;;;;;;;;;;;/h1-4H3;;;;;;;;;;;;;;;;;;;;;;;;;;;/q3*+1;+5;19*-2;;;;;. The average Bonchev–Trinajstić information content (AvgIpc) is 0.722. The van der Waals surface area contributed by atoms with Crippen LogP contribution in [0.3, 0.4) is 0 Å². The number of hydrogen-bond acceptors (Lipinski definition) is 0. The van der Waals surface area contributed by atoms with Crippen molar-refractivity contribution >= 4 is 0 Å². The minimum absolute atomic E-state index is 0. The van der Waals surface area contributed by atoms with Crippen LogP contribution < -0.4 is 103 Å². The summed E-state index contributed by atoms with van der Waals surface area (Å²) in [6.45, 7) is 0. The van der Waals surface area contributed by atoms with Gasteiger partial charge in [0.05, 0.1) is 28.2 Å². The molecule has 0 saturated heterocycles. The van der Waals surface area contributed by atoms with Crippen LogP contribution in [0.4, 0.5) is 0 Å². The third-order valence-corrected chi connectivity index (χ3v) is 0. The Balaban J connectivity index is -0.000000000228. The smallest absolute Gasteiger partial charge is 2.00 e. The van der Waals surface area contributed by atoms with Gasteiger partial charge in [0.25, 0.3) is 0 Å². The maximum atomic E-state index is 2.12. The molecule has 0 aliphatic carbocycles. The first kappa shape index (κ1) is 483. The van der Waals surface area contributed by atoms with Crippen molar-refractivity contribution in [3.63, 3.8) is 0 Å². The molecule has 0 fully saturated rings. The molecule has 0 aromatic heterocycles. The van der Waals surface area contributed by atoms with Crippen molar-refractivity contribution < 1.29 is 339 Å². The molecule has 0 aliphatic heterocycles. The quantitative estimate of drug-likeness (QED) is 0.161. The SMILES string of the molecule is C[N+](C)(C)C.[K+].[K+].[Nb+5].[O-2].[O-2].[O-2].[O-2].[O-2].[O-2].[O-2].[O-2].[O-2].[O-2].[O-2].[O-2].[O-2].[O-2].[O-2].[O-2].[O-2].[O-2].[O-2].[W].[W].[W].[W].[W]. The van der Waals surface area contributed by atoms with Crippen molar-refractivity contribution in [1.29, 1.82) is 0 Å². The van der Waals surface area contributed by atoms with Crippen LogP contribution in [0.5, 0.6) is 0 Å². The van der Waals surface area contributed by atoms with Gasteiger partial charge in [-0.1, -0.05) is 0 Å². The van der Waals surface area contributed by atoms with Gasteiger partial charge in [0.15, 0.2) is 0 Å². The van der Waals surface area contributed by atoms with Crippen LogP contribution in [0.1, 0.15) is 0 Å². The summed E-state index contributed by atoms with van der Waals surface area (Å²) in [6.07, 6.45) is 0. The van der Waals surface area contributed by atoms with Crippen molar-refractivity contribution in [2.24, 2.45) is 0 Å². The van der Waals surface area contributed by atoms with E-state index in [1.165, 1.54) is 0 Å². The van der Waals surface area contributed by atoms with Crippen LogP contribution in [-0.2, 0) is 232 Å². The van der Waals surface area contributed by atoms with Crippen LogP contribution >= 0.6 is 0 Å². The van der Waals surface area contributed by atoms with Crippen molar-refractivity contribution in [2.75, 3.05) is 28.2 Å². The number of nitrogens with zero attached hydrogens (tertiary/aromatic N) is 1. The first-order valence-corrected chi connectivity index (χ1v) is 1.79. The fraction of sp³-hybridized carbons (Fsp3) is 1.00. The molecule has 0 saturated carbocycles. The zero-order valence-corrected chi connectivity index (χ0v) is 39.8. The second-order valence-electron chi connectivity index (χ2n) is 2.68. The maximum absolute atomic E-state index is 2.12. The molecule has 28 heteroatoms. The Labute approximate surface area is 359 Å². The summed E-state index contributed by atoms with van der Waals surface area (Å²) in [5.74, 6) is 0. The van der Waals surface area contributed by atoms with Crippen LogP contribution in [0.25, 0.3) is 0 Å². The monoisotopic (exact) mass is 1470 g/mol. The van der Waals surface area contributed by atoms with Gasteiger partial charge < -0.3 is 109 Å². The van der Waals surface area contributed by atoms with Gasteiger partial charge >= 0.3 is 125 Å². The molecule has 0 rings (SSSR count). The fourth-order valence-corrected chi connectivity index (χ4v) is 0. The fourth-order valence-electron chi connectivity index (χ4n) is 0. The summed E-state index contributed by atoms with van der Waals surface area (Å²) in [5.41, 5.74) is 0. The van der Waals surface area contributed by atoms with Crippen molar-refractivity contribution in [2.45, 2.75) is 0 Å². The molecule has 214 valence electrons. The molecule has 0 bridgehead atoms. The van der Waals surface area contributed by atoms with Gasteiger partial charge in [-0.25, -0.2) is 0 Å². The second kappa shape index (κ2) is 316. The molecule has 0 aromatic carbocycles. The van der Waals surface area contributed by atoms with Gasteiger partial charge in [-0.15, -0.1) is 0 Å². The summed E-state index contributed by atoms with van der Waals surface area (Å²) < 4.78 is 1.00. The molecule has 0 heterocycles. The molecule has 0 aliphatic rings. The predicted molar refractivity (Wildman–Crippen MR) is 37.0 cm³/mol. The van der Waals surface area contributed by atoms with Crippen LogP contribution in [0.2, 0.25) is 0 Å². The summed E-state index contributed by atoms with van der Waals surface area (Å²) >= 11 is 0. The van der Waals surface area contributed by atoms with Crippen molar-refractivity contribution in [1.82, 2.24) is 0 Å². The molecular weight excluding hydrogens is 1460 g/mol. The first-order valence-electron chi connectivity index (χ1n) is 1.79. The largest absolute Gasteiger partial charge is 5.00 e. The molecule has 0 spiro atoms. The summed E-state index contributed by atoms with van der Waals surface area (Å²) in [4.78, 5) is 0. The van der Waals surface area contributed by atoms with E-state index in [9.17, 15) is 0 Å². The van der Waals surface area contributed by atoms with E-state index in [1.54, 1.807) is 0 Å². The van der Waals surface area contributed by atoms with E-state index in [0.29, 0.717) is 0 Å². The molecule has 0 amide bonds. The van der Waals surface area contributed by atoms with E-state index in [4.69, 9.17) is 0 Å². The number of hydrogen-bond donors (Lipinski definition) is 0. The van der Waals surface area contributed by atoms with Gasteiger partial charge in [0.1, 0.15) is 0 Å². The Morgan fingerprint density at radius 3 is 0.250 bits per heavy atom. The van der Waals surface area contributed by atoms with Gasteiger partial charge in [-0.2, -0.15) is 0 Å². The molecule has 0 unspecified atom stereocenters. The minimum Gasteiger partial charge on any atom is -2.00 e. The second-order valence-corrected chi connectivity index (χ2v) is 2.68. The van der Waals surface area contributed by atoms with Crippen LogP contribution in [0.15, 0.2) is 0 Å². The van der Waals surface area contributed by atoms with Crippen molar-refractivity contribution in [3.05, 3.63) is 0 Å². The van der Waals surface area contributed by atoms with E-state index in [1.807, 2.05) is 0 Å². The van der Waals surface area contributed by atoms with Gasteiger partial charge in [-0.05, 0) is 0 Å². The molecule has 0 aromatic rings. The molecular formula is C4H12K2NNbO19W5-30. The Morgan fingerprint density at radius 1 is 0.250 bits per heavy atom. The van der Waals surface area contributed by atoms with Crippen LogP contribution in [-0.4, -0.2) is 32.7 Å². The van der Waals surface area contributed by atoms with Crippen LogP contribution in [0, 0.1) is 0 Å². The minimum atomic E-state index is 0. The molecule has 32 heavy (non-hydrogen) atoms. The van der Waals surface area contributed by atoms with E-state index in [2.05, 4.69) is 28.2 Å². The normalized spacial score (nSPS) is 1.88. The van der Waals surface area contributed by atoms with Gasteiger partial charge in [0.2, 0.25) is 0 Å². The Bertz CT molecular complexity index is 73.2. The summed E-state index contributed by atoms with van der Waals surface area (Å²) in [6, 6.07) is 0. The van der Waals surface area contributed by atoms with E-state index >= 15 is 0 Å². The average molecular weight is 1470 g/mol. The maximum Gasteiger partial charge on any atom is 5.00 e. The summed E-state index contributed by atoms with van der Waals surface area (Å²) in [7, 11) is 8.50. The predicted octanol–water partition coefficient (Wildman–Crippen LogP) is -7.94. The Morgan fingerprint density at radius 2 is 0.250 bits per heavy atom. The summed E-state index contributed by atoms with van der Waals surface area (Å²) in [5, 5.41) is 0. The number of rotatable bonds is 0. The zero-order valence-electron chi connectivity index (χ0n) is 16.7. The topological polar surface area (TPSA) is 542 Å². The van der Waals surface area contributed by atoms with E-state index in [0.717, 1.165) is 4.48 Å². The molecule has 0 atom stereocenters. The van der Waals surface area contributed by atoms with E-state index < -0.39 is 0 Å². The molecule has 0 N–H and O–H groups in total. The van der Waals surface area contributed by atoms with Crippen molar-refractivity contribution in [3.8, 4) is 0 Å². The third kappa shape index (κ3) is 1050.